The Kier molecular flexibility index (Phi) is 6.98. The van der Waals surface area contributed by atoms with Gasteiger partial charge in [-0.3, -0.25) is 4.79 Å². The Labute approximate surface area is 178 Å². The number of carbonyl (C=O) groups excluding carboxylic acids is 1. The van der Waals surface area contributed by atoms with Gasteiger partial charge in [-0.15, -0.1) is 0 Å². The molecule has 5 heteroatoms. The molecule has 30 heavy (non-hydrogen) atoms. The first-order chi connectivity index (χ1) is 14.4. The molecular weight excluding hydrogens is 394 g/mol. The summed E-state index contributed by atoms with van der Waals surface area (Å²) in [6, 6.07) is 23.9. The number of ketones is 1. The van der Waals surface area contributed by atoms with Gasteiger partial charge >= 0.3 is 0 Å². The minimum absolute atomic E-state index is 0.164. The lowest BCUT2D eigenvalue weighted by atomic mass is 9.92. The van der Waals surface area contributed by atoms with E-state index >= 15 is 0 Å². The van der Waals surface area contributed by atoms with Crippen LogP contribution >= 0.6 is 0 Å². The van der Waals surface area contributed by atoms with Crippen molar-refractivity contribution >= 4 is 15.8 Å². The van der Waals surface area contributed by atoms with Crippen LogP contribution in [-0.2, 0) is 10.0 Å². The summed E-state index contributed by atoms with van der Waals surface area (Å²) in [5.74, 6) is -0.196. The van der Waals surface area contributed by atoms with Crippen molar-refractivity contribution in [2.45, 2.75) is 31.2 Å². The van der Waals surface area contributed by atoms with Gasteiger partial charge in [0.25, 0.3) is 0 Å². The van der Waals surface area contributed by atoms with E-state index in [-0.39, 0.29) is 10.7 Å². The van der Waals surface area contributed by atoms with Gasteiger partial charge in [0.2, 0.25) is 10.0 Å². The molecule has 0 aliphatic heterocycles. The molecule has 0 saturated carbocycles. The zero-order valence-electron chi connectivity index (χ0n) is 17.1. The van der Waals surface area contributed by atoms with Crippen LogP contribution in [0.3, 0.4) is 0 Å². The molecule has 0 heterocycles. The van der Waals surface area contributed by atoms with Crippen molar-refractivity contribution in [3.63, 3.8) is 0 Å². The number of benzene rings is 3. The fourth-order valence-electron chi connectivity index (χ4n) is 3.21. The van der Waals surface area contributed by atoms with Crippen LogP contribution in [0.4, 0.5) is 0 Å². The lowest BCUT2D eigenvalue weighted by Crippen LogP contribution is -2.32. The third-order valence-electron chi connectivity index (χ3n) is 4.77. The molecule has 3 aromatic carbocycles. The molecule has 1 N–H and O–H groups in total. The summed E-state index contributed by atoms with van der Waals surface area (Å²) in [6.07, 6.45) is 2.40. The number of carbonyl (C=O) groups is 1. The number of hydrogen-bond acceptors (Lipinski definition) is 3. The maximum atomic E-state index is 13.3. The van der Waals surface area contributed by atoms with Crippen LogP contribution in [0.5, 0.6) is 0 Å². The minimum atomic E-state index is -3.85. The van der Waals surface area contributed by atoms with E-state index in [9.17, 15) is 13.2 Å². The normalized spacial score (nSPS) is 13.1. The van der Waals surface area contributed by atoms with E-state index in [0.717, 1.165) is 5.56 Å². The Morgan fingerprint density at radius 2 is 1.47 bits per heavy atom. The molecule has 3 rings (SSSR count). The largest absolute Gasteiger partial charge is 0.289 e. The first-order valence-corrected chi connectivity index (χ1v) is 11.3. The number of sulfonamides is 1. The molecule has 1 atom stereocenters. The van der Waals surface area contributed by atoms with Crippen LogP contribution < -0.4 is 4.72 Å². The van der Waals surface area contributed by atoms with E-state index in [0.29, 0.717) is 23.1 Å². The highest BCUT2D eigenvalue weighted by Gasteiger charge is 2.28. The summed E-state index contributed by atoms with van der Waals surface area (Å²) in [7, 11) is -3.85. The molecule has 1 unspecified atom stereocenters. The molecule has 4 nitrogen and oxygen atoms in total. The Balaban J connectivity index is 2.06. The molecule has 0 aromatic heterocycles. The van der Waals surface area contributed by atoms with E-state index in [2.05, 4.69) is 4.72 Å². The van der Waals surface area contributed by atoms with E-state index in [4.69, 9.17) is 0 Å². The third-order valence-corrected chi connectivity index (χ3v) is 6.21. The van der Waals surface area contributed by atoms with Crippen LogP contribution in [0.2, 0.25) is 0 Å². The minimum Gasteiger partial charge on any atom is -0.289 e. The lowest BCUT2D eigenvalue weighted by molar-refractivity contribution is 0.102. The van der Waals surface area contributed by atoms with E-state index < -0.39 is 16.1 Å². The number of allylic oxidation sites excluding steroid dienone is 1. The molecule has 0 amide bonds. The Morgan fingerprint density at radius 3 is 2.03 bits per heavy atom. The van der Waals surface area contributed by atoms with Gasteiger partial charge in [0.05, 0.1) is 10.9 Å². The predicted molar refractivity (Wildman–Crippen MR) is 120 cm³/mol. The second-order valence-corrected chi connectivity index (χ2v) is 8.75. The van der Waals surface area contributed by atoms with Crippen LogP contribution in [0.15, 0.2) is 101 Å². The van der Waals surface area contributed by atoms with Crippen molar-refractivity contribution < 1.29 is 13.2 Å². The van der Waals surface area contributed by atoms with Crippen molar-refractivity contribution in [3.8, 4) is 0 Å². The van der Waals surface area contributed by atoms with Crippen molar-refractivity contribution in [1.82, 2.24) is 4.72 Å². The summed E-state index contributed by atoms with van der Waals surface area (Å²) >= 11 is 0. The van der Waals surface area contributed by atoms with Gasteiger partial charge in [-0.05, 0) is 31.0 Å². The number of aryl methyl sites for hydroxylation is 1. The van der Waals surface area contributed by atoms with Crippen molar-refractivity contribution in [1.29, 1.82) is 0 Å². The molecule has 0 spiro atoms. The maximum Gasteiger partial charge on any atom is 0.241 e. The van der Waals surface area contributed by atoms with Crippen molar-refractivity contribution in [3.05, 3.63) is 113 Å². The molecule has 0 radical (unpaired) electrons. The summed E-state index contributed by atoms with van der Waals surface area (Å²) in [6.45, 7) is 3.83. The molecule has 154 valence electrons. The van der Waals surface area contributed by atoms with Gasteiger partial charge in [0.15, 0.2) is 5.78 Å². The van der Waals surface area contributed by atoms with E-state index in [1.54, 1.807) is 54.6 Å². The molecular formula is C25H25NO3S. The number of nitrogens with one attached hydrogen (secondary N) is 1. The second-order valence-electron chi connectivity index (χ2n) is 7.04. The monoisotopic (exact) mass is 419 g/mol. The number of rotatable bonds is 8. The number of Topliss-reactive ketones (excluding diaryl/α,β-unsaturated/α-hetero) is 1. The van der Waals surface area contributed by atoms with Gasteiger partial charge in [-0.25, -0.2) is 8.42 Å². The standard InChI is InChI=1S/C25H25NO3S/c1-3-10-23(25(27)21-13-8-5-9-14-21)24(20-11-6-4-7-12-20)26-30(28,29)22-17-15-19(2)16-18-22/h4-18,24,26H,3H2,1-2H3/b23-10-. The summed E-state index contributed by atoms with van der Waals surface area (Å²) in [4.78, 5) is 13.5. The molecule has 0 saturated heterocycles. The van der Waals surface area contributed by atoms with E-state index in [1.807, 2.05) is 50.2 Å². The van der Waals surface area contributed by atoms with E-state index in [1.165, 1.54) is 0 Å². The molecule has 0 fully saturated rings. The van der Waals surface area contributed by atoms with Gasteiger partial charge < -0.3 is 0 Å². The highest BCUT2D eigenvalue weighted by Crippen LogP contribution is 2.28. The Hall–Kier alpha value is -3.02. The SMILES string of the molecule is CC/C=C(\C(=O)c1ccccc1)C(NS(=O)(=O)c1ccc(C)cc1)c1ccccc1. The summed E-state index contributed by atoms with van der Waals surface area (Å²) in [5, 5.41) is 0. The van der Waals surface area contributed by atoms with Crippen LogP contribution in [-0.4, -0.2) is 14.2 Å². The first-order valence-electron chi connectivity index (χ1n) is 9.86. The topological polar surface area (TPSA) is 63.2 Å². The fourth-order valence-corrected chi connectivity index (χ4v) is 4.42. The zero-order chi connectivity index (χ0) is 21.6. The van der Waals surface area contributed by atoms with Crippen molar-refractivity contribution in [2.75, 3.05) is 0 Å². The molecule has 0 bridgehead atoms. The zero-order valence-corrected chi connectivity index (χ0v) is 17.9. The Bertz CT molecular complexity index is 1120. The molecule has 3 aromatic rings. The highest BCUT2D eigenvalue weighted by atomic mass is 32.2. The lowest BCUT2D eigenvalue weighted by Gasteiger charge is -2.22. The van der Waals surface area contributed by atoms with Crippen molar-refractivity contribution in [2.24, 2.45) is 0 Å². The average molecular weight is 420 g/mol. The van der Waals surface area contributed by atoms with Gasteiger partial charge in [-0.1, -0.05) is 91.4 Å². The molecule has 0 aliphatic carbocycles. The van der Waals surface area contributed by atoms with Crippen LogP contribution in [0, 0.1) is 6.92 Å². The van der Waals surface area contributed by atoms with Crippen LogP contribution in [0.25, 0.3) is 0 Å². The summed E-state index contributed by atoms with van der Waals surface area (Å²) in [5.41, 5.74) is 2.61. The fraction of sp³-hybridized carbons (Fsp3) is 0.160. The predicted octanol–water partition coefficient (Wildman–Crippen LogP) is 5.23. The summed E-state index contributed by atoms with van der Waals surface area (Å²) < 4.78 is 29.1. The number of hydrogen-bond donors (Lipinski definition) is 1. The second kappa shape index (κ2) is 9.65. The smallest absolute Gasteiger partial charge is 0.241 e. The van der Waals surface area contributed by atoms with Crippen LogP contribution in [0.1, 0.15) is 40.9 Å². The third kappa shape index (κ3) is 5.12. The quantitative estimate of drug-likeness (QED) is 0.401. The average Bonchev–Trinajstić information content (AvgIpc) is 2.77. The molecule has 0 aliphatic rings. The maximum absolute atomic E-state index is 13.3. The van der Waals surface area contributed by atoms with Gasteiger partial charge in [-0.2, -0.15) is 4.72 Å². The van der Waals surface area contributed by atoms with Gasteiger partial charge in [0.1, 0.15) is 0 Å². The Morgan fingerprint density at radius 1 is 0.900 bits per heavy atom. The first kappa shape index (κ1) is 21.7. The highest BCUT2D eigenvalue weighted by molar-refractivity contribution is 7.89. The van der Waals surface area contributed by atoms with Gasteiger partial charge in [0, 0.05) is 11.1 Å².